The highest BCUT2D eigenvalue weighted by Gasteiger charge is 2.37. The Balaban J connectivity index is 2.31. The monoisotopic (exact) mass is 205 g/mol. The molecule has 1 unspecified atom stereocenters. The topological polar surface area (TPSA) is 46.2 Å². The van der Waals surface area contributed by atoms with Gasteiger partial charge >= 0.3 is 0 Å². The Kier molecular flexibility index (Phi) is 2.81. The molecule has 0 radical (unpaired) electrons. The van der Waals surface area contributed by atoms with Crippen molar-refractivity contribution in [1.29, 1.82) is 0 Å². The Labute approximate surface area is 91.1 Å². The van der Waals surface area contributed by atoms with Gasteiger partial charge in [-0.05, 0) is 30.9 Å². The third-order valence-corrected chi connectivity index (χ3v) is 3.68. The highest BCUT2D eigenvalue weighted by atomic mass is 16.3. The molecule has 1 atom stereocenters. The molecule has 0 saturated heterocycles. The number of hydrogen-bond acceptors (Lipinski definition) is 2. The van der Waals surface area contributed by atoms with Crippen molar-refractivity contribution in [3.05, 3.63) is 35.4 Å². The van der Waals surface area contributed by atoms with Crippen LogP contribution in [0, 0.1) is 0 Å². The summed E-state index contributed by atoms with van der Waals surface area (Å²) in [5.41, 5.74) is 8.36. The van der Waals surface area contributed by atoms with Gasteiger partial charge in [0.1, 0.15) is 0 Å². The molecule has 3 N–H and O–H groups in total. The van der Waals surface area contributed by atoms with Crippen LogP contribution in [0.5, 0.6) is 0 Å². The van der Waals surface area contributed by atoms with Gasteiger partial charge in [-0.15, -0.1) is 0 Å². The van der Waals surface area contributed by atoms with Gasteiger partial charge in [-0.1, -0.05) is 30.7 Å². The molecular formula is C13H19NO. The first-order valence-electron chi connectivity index (χ1n) is 5.66. The molecule has 1 aliphatic carbocycles. The van der Waals surface area contributed by atoms with E-state index in [-0.39, 0.29) is 11.5 Å². The molecule has 1 aromatic carbocycles. The van der Waals surface area contributed by atoms with Gasteiger partial charge in [-0.3, -0.25) is 0 Å². The second-order valence-electron chi connectivity index (χ2n) is 4.64. The van der Waals surface area contributed by atoms with E-state index in [1.165, 1.54) is 24.8 Å². The van der Waals surface area contributed by atoms with Crippen LogP contribution in [0.3, 0.4) is 0 Å². The molecular weight excluding hydrogens is 186 g/mol. The molecule has 0 aliphatic heterocycles. The van der Waals surface area contributed by atoms with E-state index in [4.69, 9.17) is 5.73 Å². The summed E-state index contributed by atoms with van der Waals surface area (Å²) in [6.07, 6.45) is 3.26. The lowest BCUT2D eigenvalue weighted by molar-refractivity contribution is 0.198. The summed E-state index contributed by atoms with van der Waals surface area (Å²) in [6.45, 7) is 2.52. The van der Waals surface area contributed by atoms with Crippen molar-refractivity contribution >= 4 is 0 Å². The largest absolute Gasteiger partial charge is 0.389 e. The average molecular weight is 205 g/mol. The van der Waals surface area contributed by atoms with Crippen LogP contribution in [0.25, 0.3) is 0 Å². The summed E-state index contributed by atoms with van der Waals surface area (Å²) < 4.78 is 0. The van der Waals surface area contributed by atoms with E-state index in [9.17, 15) is 5.11 Å². The molecule has 2 heteroatoms. The Morgan fingerprint density at radius 3 is 2.67 bits per heavy atom. The Hall–Kier alpha value is -0.860. The van der Waals surface area contributed by atoms with Crippen LogP contribution in [0.2, 0.25) is 0 Å². The summed E-state index contributed by atoms with van der Waals surface area (Å²) in [7, 11) is 0. The molecule has 2 rings (SSSR count). The maximum atomic E-state index is 9.55. The molecule has 15 heavy (non-hydrogen) atoms. The van der Waals surface area contributed by atoms with Gasteiger partial charge in [0.05, 0.1) is 6.10 Å². The zero-order valence-corrected chi connectivity index (χ0v) is 9.24. The summed E-state index contributed by atoms with van der Waals surface area (Å²) >= 11 is 0. The smallest absolute Gasteiger partial charge is 0.0762 e. The lowest BCUT2D eigenvalue weighted by Gasteiger charge is -2.41. The maximum absolute atomic E-state index is 9.55. The number of aliphatic hydroxyl groups is 1. The third-order valence-electron chi connectivity index (χ3n) is 3.68. The number of aliphatic hydroxyl groups excluding tert-OH is 1. The molecule has 2 nitrogen and oxygen atoms in total. The number of hydrogen-bond donors (Lipinski definition) is 2. The highest BCUT2D eigenvalue weighted by molar-refractivity contribution is 5.33. The molecule has 0 spiro atoms. The first kappa shape index (κ1) is 10.7. The molecule has 1 saturated carbocycles. The van der Waals surface area contributed by atoms with E-state index in [0.717, 1.165) is 12.1 Å². The van der Waals surface area contributed by atoms with Crippen LogP contribution in [-0.4, -0.2) is 11.7 Å². The van der Waals surface area contributed by atoms with Gasteiger partial charge in [0.25, 0.3) is 0 Å². The summed E-state index contributed by atoms with van der Waals surface area (Å²) in [4.78, 5) is 0. The zero-order valence-electron chi connectivity index (χ0n) is 9.24. The lowest BCUT2D eigenvalue weighted by atomic mass is 9.64. The van der Waals surface area contributed by atoms with E-state index in [2.05, 4.69) is 12.1 Å². The Morgan fingerprint density at radius 1 is 1.47 bits per heavy atom. The average Bonchev–Trinajstić information content (AvgIpc) is 2.17. The van der Waals surface area contributed by atoms with Gasteiger partial charge in [-0.2, -0.15) is 0 Å². The minimum Gasteiger partial charge on any atom is -0.389 e. The van der Waals surface area contributed by atoms with Crippen molar-refractivity contribution in [1.82, 2.24) is 0 Å². The first-order valence-corrected chi connectivity index (χ1v) is 5.66. The van der Waals surface area contributed by atoms with Crippen LogP contribution >= 0.6 is 0 Å². The van der Waals surface area contributed by atoms with Crippen molar-refractivity contribution in [2.75, 3.05) is 6.54 Å². The van der Waals surface area contributed by atoms with E-state index >= 15 is 0 Å². The molecule has 0 heterocycles. The van der Waals surface area contributed by atoms with Gasteiger partial charge in [-0.25, -0.2) is 0 Å². The number of benzene rings is 1. The van der Waals surface area contributed by atoms with E-state index in [1.807, 2.05) is 12.1 Å². The maximum Gasteiger partial charge on any atom is 0.0762 e. The van der Waals surface area contributed by atoms with Crippen molar-refractivity contribution in [3.8, 4) is 0 Å². The second kappa shape index (κ2) is 3.95. The molecule has 1 fully saturated rings. The molecule has 1 aromatic rings. The predicted molar refractivity (Wildman–Crippen MR) is 61.7 cm³/mol. The molecule has 0 bridgehead atoms. The van der Waals surface area contributed by atoms with E-state index in [0.29, 0.717) is 0 Å². The van der Waals surface area contributed by atoms with Crippen LogP contribution in [-0.2, 0) is 5.41 Å². The van der Waals surface area contributed by atoms with Crippen molar-refractivity contribution in [2.24, 2.45) is 5.73 Å². The molecule has 0 amide bonds. The SMILES string of the molecule is CC(O)c1cccc(C2(CN)CCC2)c1. The van der Waals surface area contributed by atoms with Gasteiger partial charge < -0.3 is 10.8 Å². The minimum atomic E-state index is -0.389. The number of nitrogens with two attached hydrogens (primary N) is 1. The fourth-order valence-electron chi connectivity index (χ4n) is 2.34. The third kappa shape index (κ3) is 1.80. The minimum absolute atomic E-state index is 0.199. The fraction of sp³-hybridized carbons (Fsp3) is 0.538. The summed E-state index contributed by atoms with van der Waals surface area (Å²) in [5, 5.41) is 9.55. The molecule has 0 aromatic heterocycles. The zero-order chi connectivity index (χ0) is 10.9. The van der Waals surface area contributed by atoms with Gasteiger partial charge in [0.2, 0.25) is 0 Å². The summed E-state index contributed by atoms with van der Waals surface area (Å²) in [5.74, 6) is 0. The van der Waals surface area contributed by atoms with Crippen LogP contribution < -0.4 is 5.73 Å². The Bertz CT molecular complexity index is 337. The second-order valence-corrected chi connectivity index (χ2v) is 4.64. The van der Waals surface area contributed by atoms with Gasteiger partial charge in [0.15, 0.2) is 0 Å². The standard InChI is InChI=1S/C13H19NO/c1-10(15)11-4-2-5-12(8-11)13(9-14)6-3-7-13/h2,4-5,8,10,15H,3,6-7,9,14H2,1H3. The van der Waals surface area contributed by atoms with Gasteiger partial charge in [0, 0.05) is 12.0 Å². The highest BCUT2D eigenvalue weighted by Crippen LogP contribution is 2.43. The Morgan fingerprint density at radius 2 is 2.20 bits per heavy atom. The van der Waals surface area contributed by atoms with Crippen molar-refractivity contribution < 1.29 is 5.11 Å². The summed E-state index contributed by atoms with van der Waals surface area (Å²) in [6, 6.07) is 8.23. The lowest BCUT2D eigenvalue weighted by Crippen LogP contribution is -2.41. The normalized spacial score (nSPS) is 20.7. The van der Waals surface area contributed by atoms with Crippen LogP contribution in [0.4, 0.5) is 0 Å². The van der Waals surface area contributed by atoms with Crippen molar-refractivity contribution in [2.45, 2.75) is 37.7 Å². The molecule has 1 aliphatic rings. The van der Waals surface area contributed by atoms with Crippen molar-refractivity contribution in [3.63, 3.8) is 0 Å². The van der Waals surface area contributed by atoms with E-state index < -0.39 is 0 Å². The van der Waals surface area contributed by atoms with Crippen LogP contribution in [0.1, 0.15) is 43.4 Å². The molecule has 82 valence electrons. The van der Waals surface area contributed by atoms with Crippen LogP contribution in [0.15, 0.2) is 24.3 Å². The number of rotatable bonds is 3. The predicted octanol–water partition coefficient (Wildman–Crippen LogP) is 2.12. The first-order chi connectivity index (χ1) is 7.18. The quantitative estimate of drug-likeness (QED) is 0.794. The van der Waals surface area contributed by atoms with E-state index in [1.54, 1.807) is 6.92 Å². The fourth-order valence-corrected chi connectivity index (χ4v) is 2.34.